The molecule has 2 aromatic carbocycles. The maximum Gasteiger partial charge on any atom is 0.252 e. The van der Waals surface area contributed by atoms with E-state index in [-0.39, 0.29) is 17.2 Å². The minimum absolute atomic E-state index is 0.0647. The predicted molar refractivity (Wildman–Crippen MR) is 119 cm³/mol. The van der Waals surface area contributed by atoms with Crippen molar-refractivity contribution in [3.05, 3.63) is 46.8 Å². The van der Waals surface area contributed by atoms with Gasteiger partial charge in [-0.2, -0.15) is 4.99 Å². The van der Waals surface area contributed by atoms with Crippen LogP contribution in [0.5, 0.6) is 11.5 Å². The molecular formula is C21H24N2O6S2. The third-order valence-corrected chi connectivity index (χ3v) is 6.80. The summed E-state index contributed by atoms with van der Waals surface area (Å²) >= 11 is 1.37. The van der Waals surface area contributed by atoms with Crippen LogP contribution in [0.2, 0.25) is 0 Å². The van der Waals surface area contributed by atoms with Crippen LogP contribution in [0.1, 0.15) is 5.56 Å². The van der Waals surface area contributed by atoms with Gasteiger partial charge in [0.05, 0.1) is 42.4 Å². The number of sulfone groups is 1. The van der Waals surface area contributed by atoms with Gasteiger partial charge in [0.15, 0.2) is 26.1 Å². The largest absolute Gasteiger partial charge is 0.493 e. The summed E-state index contributed by atoms with van der Waals surface area (Å²) in [6, 6.07) is 9.96. The second kappa shape index (κ2) is 9.63. The van der Waals surface area contributed by atoms with Crippen LogP contribution in [-0.4, -0.2) is 53.1 Å². The van der Waals surface area contributed by atoms with Gasteiger partial charge in [-0.25, -0.2) is 8.42 Å². The fraction of sp³-hybridized carbons (Fsp3) is 0.333. The van der Waals surface area contributed by atoms with Gasteiger partial charge < -0.3 is 18.8 Å². The van der Waals surface area contributed by atoms with Gasteiger partial charge in [0.25, 0.3) is 5.91 Å². The van der Waals surface area contributed by atoms with Crippen LogP contribution in [0, 0.1) is 0 Å². The maximum absolute atomic E-state index is 12.6. The molecule has 0 aliphatic heterocycles. The Balaban J connectivity index is 1.98. The molecule has 1 amide bonds. The fourth-order valence-electron chi connectivity index (χ4n) is 3.06. The molecule has 0 bridgehead atoms. The number of rotatable bonds is 8. The van der Waals surface area contributed by atoms with Gasteiger partial charge in [-0.3, -0.25) is 4.79 Å². The molecule has 0 aliphatic rings. The lowest BCUT2D eigenvalue weighted by molar-refractivity contribution is -0.117. The molecule has 1 aromatic heterocycles. The van der Waals surface area contributed by atoms with Gasteiger partial charge in [-0.15, -0.1) is 0 Å². The molecule has 0 aliphatic carbocycles. The first kappa shape index (κ1) is 23.0. The molecule has 8 nitrogen and oxygen atoms in total. The topological polar surface area (TPSA) is 96.2 Å². The van der Waals surface area contributed by atoms with E-state index in [2.05, 4.69) is 4.99 Å². The van der Waals surface area contributed by atoms with Crippen molar-refractivity contribution < 1.29 is 27.4 Å². The van der Waals surface area contributed by atoms with Crippen LogP contribution in [-0.2, 0) is 32.3 Å². The van der Waals surface area contributed by atoms with Crippen LogP contribution in [0.3, 0.4) is 0 Å². The number of amides is 1. The lowest BCUT2D eigenvalue weighted by Gasteiger charge is -2.09. The zero-order chi connectivity index (χ0) is 22.6. The van der Waals surface area contributed by atoms with Crippen molar-refractivity contribution in [2.24, 2.45) is 4.99 Å². The standard InChI is InChI=1S/C21H24N2O6S2/c1-27-10-9-23-16-12-17(28-2)18(29-3)13-19(16)30-21(23)22-20(24)11-14-5-7-15(8-6-14)31(4,25)26/h5-8,12-13H,9-11H2,1-4H3. The molecule has 31 heavy (non-hydrogen) atoms. The van der Waals surface area contributed by atoms with Crippen molar-refractivity contribution in [3.63, 3.8) is 0 Å². The molecule has 3 rings (SSSR count). The van der Waals surface area contributed by atoms with Gasteiger partial charge in [-0.05, 0) is 17.7 Å². The Labute approximate surface area is 184 Å². The number of ether oxygens (including phenoxy) is 3. The number of hydrogen-bond acceptors (Lipinski definition) is 7. The Bertz CT molecular complexity index is 1260. The lowest BCUT2D eigenvalue weighted by atomic mass is 10.1. The predicted octanol–water partition coefficient (Wildman–Crippen LogP) is 2.44. The highest BCUT2D eigenvalue weighted by Gasteiger charge is 2.14. The minimum Gasteiger partial charge on any atom is -0.493 e. The lowest BCUT2D eigenvalue weighted by Crippen LogP contribution is -2.19. The smallest absolute Gasteiger partial charge is 0.252 e. The van der Waals surface area contributed by atoms with Crippen LogP contribution in [0.15, 0.2) is 46.3 Å². The summed E-state index contributed by atoms with van der Waals surface area (Å²) in [6.45, 7) is 0.968. The third kappa shape index (κ3) is 5.33. The minimum atomic E-state index is -3.28. The molecule has 0 unspecified atom stereocenters. The molecule has 0 radical (unpaired) electrons. The number of hydrogen-bond donors (Lipinski definition) is 0. The van der Waals surface area contributed by atoms with Crippen LogP contribution in [0.25, 0.3) is 10.2 Å². The molecule has 0 spiro atoms. The van der Waals surface area contributed by atoms with Gasteiger partial charge in [-0.1, -0.05) is 23.5 Å². The number of benzene rings is 2. The maximum atomic E-state index is 12.6. The summed E-state index contributed by atoms with van der Waals surface area (Å²) in [5.74, 6) is 0.852. The quantitative estimate of drug-likeness (QED) is 0.508. The van der Waals surface area contributed by atoms with Crippen LogP contribution < -0.4 is 14.3 Å². The van der Waals surface area contributed by atoms with E-state index >= 15 is 0 Å². The summed E-state index contributed by atoms with van der Waals surface area (Å²) in [6.07, 6.45) is 1.21. The number of thiazole rings is 1. The van der Waals surface area contributed by atoms with E-state index < -0.39 is 9.84 Å². The van der Waals surface area contributed by atoms with E-state index in [4.69, 9.17) is 14.2 Å². The van der Waals surface area contributed by atoms with Crippen molar-refractivity contribution in [2.45, 2.75) is 17.9 Å². The molecule has 0 atom stereocenters. The average Bonchev–Trinajstić information content (AvgIpc) is 3.06. The van der Waals surface area contributed by atoms with E-state index in [0.717, 1.165) is 16.5 Å². The van der Waals surface area contributed by atoms with Gasteiger partial charge in [0, 0.05) is 32.0 Å². The van der Waals surface area contributed by atoms with Crippen molar-refractivity contribution in [2.75, 3.05) is 34.2 Å². The Morgan fingerprint density at radius 1 is 1.06 bits per heavy atom. The van der Waals surface area contributed by atoms with E-state index in [1.165, 1.54) is 23.5 Å². The molecule has 0 saturated heterocycles. The molecule has 0 N–H and O–H groups in total. The summed E-state index contributed by atoms with van der Waals surface area (Å²) < 4.78 is 42.0. The Morgan fingerprint density at radius 3 is 2.29 bits per heavy atom. The normalized spacial score (nSPS) is 12.3. The van der Waals surface area contributed by atoms with E-state index in [9.17, 15) is 13.2 Å². The molecule has 0 fully saturated rings. The summed E-state index contributed by atoms with van der Waals surface area (Å²) in [5, 5.41) is 0. The average molecular weight is 465 g/mol. The zero-order valence-electron chi connectivity index (χ0n) is 17.7. The first-order valence-electron chi connectivity index (χ1n) is 9.37. The molecule has 0 saturated carbocycles. The third-order valence-electron chi connectivity index (χ3n) is 4.63. The van der Waals surface area contributed by atoms with Gasteiger partial charge in [0.1, 0.15) is 0 Å². The highest BCUT2D eigenvalue weighted by atomic mass is 32.2. The number of carbonyl (C=O) groups excluding carboxylic acids is 1. The summed E-state index contributed by atoms with van der Waals surface area (Å²) in [4.78, 5) is 17.7. The van der Waals surface area contributed by atoms with Crippen molar-refractivity contribution in [1.29, 1.82) is 0 Å². The number of carbonyl (C=O) groups is 1. The molecule has 3 aromatic rings. The molecule has 10 heteroatoms. The van der Waals surface area contributed by atoms with Crippen molar-refractivity contribution in [1.82, 2.24) is 4.57 Å². The van der Waals surface area contributed by atoms with Gasteiger partial charge >= 0.3 is 0 Å². The van der Waals surface area contributed by atoms with Crippen molar-refractivity contribution >= 4 is 37.3 Å². The van der Waals surface area contributed by atoms with Crippen molar-refractivity contribution in [3.8, 4) is 11.5 Å². The van der Waals surface area contributed by atoms with Crippen LogP contribution in [0.4, 0.5) is 0 Å². The Hall–Kier alpha value is -2.69. The van der Waals surface area contributed by atoms with E-state index in [0.29, 0.717) is 35.0 Å². The molecular weight excluding hydrogens is 440 g/mol. The molecule has 1 heterocycles. The fourth-order valence-corrected chi connectivity index (χ4v) is 4.77. The highest BCUT2D eigenvalue weighted by Crippen LogP contribution is 2.33. The van der Waals surface area contributed by atoms with Gasteiger partial charge in [0.2, 0.25) is 0 Å². The first-order valence-corrected chi connectivity index (χ1v) is 12.1. The number of nitrogens with zero attached hydrogens (tertiary/aromatic N) is 2. The second-order valence-corrected chi connectivity index (χ2v) is 9.83. The number of methoxy groups -OCH3 is 3. The Morgan fingerprint density at radius 2 is 1.71 bits per heavy atom. The molecule has 166 valence electrons. The van der Waals surface area contributed by atoms with E-state index in [1.807, 2.05) is 16.7 Å². The van der Waals surface area contributed by atoms with Crippen LogP contribution >= 0.6 is 11.3 Å². The number of fused-ring (bicyclic) bond motifs is 1. The first-order chi connectivity index (χ1) is 14.8. The zero-order valence-corrected chi connectivity index (χ0v) is 19.4. The highest BCUT2D eigenvalue weighted by molar-refractivity contribution is 7.90. The monoisotopic (exact) mass is 464 g/mol. The van der Waals surface area contributed by atoms with E-state index in [1.54, 1.807) is 33.5 Å². The second-order valence-electron chi connectivity index (χ2n) is 6.80. The summed E-state index contributed by atoms with van der Waals surface area (Å²) in [7, 11) is 1.47. The Kier molecular flexibility index (Phi) is 7.14. The summed E-state index contributed by atoms with van der Waals surface area (Å²) in [5.41, 5.74) is 1.55. The SMILES string of the molecule is COCCn1c(=NC(=O)Cc2ccc(S(C)(=O)=O)cc2)sc2cc(OC)c(OC)cc21. The number of aromatic nitrogens is 1.